The summed E-state index contributed by atoms with van der Waals surface area (Å²) in [6.07, 6.45) is 3.80. The van der Waals surface area contributed by atoms with Gasteiger partial charge in [0.05, 0.1) is 12.6 Å². The molecule has 0 bridgehead atoms. The van der Waals surface area contributed by atoms with Crippen LogP contribution in [0, 0.1) is 11.8 Å². The lowest BCUT2D eigenvalue weighted by molar-refractivity contribution is -0.144. The fourth-order valence-electron chi connectivity index (χ4n) is 7.12. The fraction of sp³-hybridized carbons (Fsp3) is 0.595. The smallest absolute Gasteiger partial charge is 0.325 e. The van der Waals surface area contributed by atoms with E-state index >= 15 is 0 Å². The van der Waals surface area contributed by atoms with Crippen LogP contribution in [0.2, 0.25) is 0 Å². The van der Waals surface area contributed by atoms with Gasteiger partial charge in [-0.25, -0.2) is 4.99 Å². The van der Waals surface area contributed by atoms with Gasteiger partial charge in [0.1, 0.15) is 54.4 Å². The first-order valence-electron chi connectivity index (χ1n) is 21.6. The average molecular weight is 912 g/mol. The summed E-state index contributed by atoms with van der Waals surface area (Å²) >= 11 is 0. The number of benzene rings is 1. The van der Waals surface area contributed by atoms with Crippen LogP contribution in [-0.2, 0) is 44.8 Å². The molecule has 1 aromatic rings. The second-order valence-electron chi connectivity index (χ2n) is 16.7. The van der Waals surface area contributed by atoms with Crippen molar-refractivity contribution in [1.82, 2.24) is 42.1 Å². The summed E-state index contributed by atoms with van der Waals surface area (Å²) < 4.78 is 0. The molecule has 65 heavy (non-hydrogen) atoms. The first-order chi connectivity index (χ1) is 30.7. The SMILES string of the molecule is CNCC(=O)NC(CCCN=C(N)N)C(=O)NC(C(=O)NC(Cc1ccc(O)cc1)C(=O)NC(C(=O)NC(CC1C=NC=N1)C(=O)N1CCCC1C(=O)NC(C)C(=O)O)C(C)C)C(C)C. The zero-order valence-corrected chi connectivity index (χ0v) is 37.7. The number of nitrogens with two attached hydrogens (primary N) is 2. The molecule has 2 heterocycles. The van der Waals surface area contributed by atoms with E-state index in [2.05, 4.69) is 52.2 Å². The Morgan fingerprint density at radius 3 is 1.95 bits per heavy atom. The van der Waals surface area contributed by atoms with Gasteiger partial charge in [0, 0.05) is 32.1 Å². The van der Waals surface area contributed by atoms with Crippen LogP contribution < -0.4 is 48.7 Å². The molecular weight excluding hydrogens is 847 g/mol. The molecule has 1 aromatic carbocycles. The summed E-state index contributed by atoms with van der Waals surface area (Å²) in [5.41, 5.74) is 11.4. The van der Waals surface area contributed by atoms with Crippen molar-refractivity contribution in [3.05, 3.63) is 29.8 Å². The fourth-order valence-corrected chi connectivity index (χ4v) is 7.12. The Hall–Kier alpha value is -6.65. The van der Waals surface area contributed by atoms with E-state index in [0.717, 1.165) is 0 Å². The number of carbonyl (C=O) groups excluding carboxylic acids is 7. The number of carboxylic acids is 1. The molecule has 7 amide bonds. The molecule has 8 atom stereocenters. The topological polar surface area (TPSA) is 354 Å². The van der Waals surface area contributed by atoms with Crippen LogP contribution >= 0.6 is 0 Å². The number of likely N-dealkylation sites (tertiary alicyclic amines) is 1. The molecule has 0 spiro atoms. The number of hydrogen-bond donors (Lipinski definition) is 11. The third-order valence-electron chi connectivity index (χ3n) is 10.7. The van der Waals surface area contributed by atoms with E-state index in [1.807, 2.05) is 0 Å². The second-order valence-corrected chi connectivity index (χ2v) is 16.7. The van der Waals surface area contributed by atoms with Crippen molar-refractivity contribution < 1.29 is 48.6 Å². The predicted molar refractivity (Wildman–Crippen MR) is 240 cm³/mol. The zero-order valence-electron chi connectivity index (χ0n) is 37.7. The number of carboxylic acid groups (broad SMARTS) is 1. The molecule has 23 nitrogen and oxygen atoms in total. The summed E-state index contributed by atoms with van der Waals surface area (Å²) in [6.45, 7) is 8.26. The van der Waals surface area contributed by atoms with Gasteiger partial charge < -0.3 is 63.8 Å². The minimum atomic E-state index is -1.34. The van der Waals surface area contributed by atoms with E-state index < -0.39 is 107 Å². The van der Waals surface area contributed by atoms with Gasteiger partial charge in [-0.1, -0.05) is 39.8 Å². The Labute approximate surface area is 377 Å². The molecule has 2 aliphatic rings. The van der Waals surface area contributed by atoms with Gasteiger partial charge in [-0.05, 0) is 69.2 Å². The number of phenols is 1. The van der Waals surface area contributed by atoms with E-state index in [0.29, 0.717) is 18.4 Å². The van der Waals surface area contributed by atoms with E-state index in [4.69, 9.17) is 11.5 Å². The van der Waals surface area contributed by atoms with Gasteiger partial charge in [-0.15, -0.1) is 0 Å². The normalized spacial score (nSPS) is 18.1. The van der Waals surface area contributed by atoms with Crippen molar-refractivity contribution in [3.63, 3.8) is 0 Å². The van der Waals surface area contributed by atoms with E-state index in [-0.39, 0.29) is 57.0 Å². The number of carbonyl (C=O) groups is 8. The first kappa shape index (κ1) is 52.7. The highest BCUT2D eigenvalue weighted by Gasteiger charge is 2.41. The molecule has 0 saturated carbocycles. The van der Waals surface area contributed by atoms with Gasteiger partial charge in [0.2, 0.25) is 41.4 Å². The molecule has 13 N–H and O–H groups in total. The third-order valence-corrected chi connectivity index (χ3v) is 10.7. The number of aliphatic carboxylic acids is 1. The monoisotopic (exact) mass is 911 g/mol. The molecular formula is C42H65N13O10. The molecule has 358 valence electrons. The van der Waals surface area contributed by atoms with Gasteiger partial charge in [0.15, 0.2) is 5.96 Å². The van der Waals surface area contributed by atoms with Crippen LogP contribution in [0.1, 0.15) is 72.3 Å². The van der Waals surface area contributed by atoms with Gasteiger partial charge in [-0.3, -0.25) is 48.3 Å². The lowest BCUT2D eigenvalue weighted by atomic mass is 9.98. The second kappa shape index (κ2) is 25.6. The molecule has 2 aliphatic heterocycles. The van der Waals surface area contributed by atoms with E-state index in [1.54, 1.807) is 46.9 Å². The highest BCUT2D eigenvalue weighted by Crippen LogP contribution is 2.21. The Bertz CT molecular complexity index is 1920. The van der Waals surface area contributed by atoms with Gasteiger partial charge >= 0.3 is 5.97 Å². The standard InChI is InChI=1S/C42H65N13O10/c1-22(2)33(53-35(58)28(50-32(57)20-45-6)9-7-15-47-42(43)44)38(61)51-29(17-25-11-13-27(56)14-12-25)36(59)54-34(23(3)4)39(62)52-30(18-26-19-46-21-48-26)40(63)55-16-8-10-31(55)37(60)49-24(5)41(64)65/h11-14,19,21-24,26,28-31,33-34,45,56H,7-10,15-18,20H2,1-6H3,(H,49,60)(H,50,57)(H,51,61)(H,52,62)(H,53,58)(H,54,59)(H,64,65)(H4,43,44,47). The Morgan fingerprint density at radius 1 is 0.815 bits per heavy atom. The number of hydrogen-bond acceptors (Lipinski definition) is 13. The van der Waals surface area contributed by atoms with Crippen LogP contribution in [0.25, 0.3) is 0 Å². The van der Waals surface area contributed by atoms with Crippen molar-refractivity contribution in [2.45, 2.75) is 121 Å². The van der Waals surface area contributed by atoms with Crippen molar-refractivity contribution in [2.24, 2.45) is 38.3 Å². The van der Waals surface area contributed by atoms with E-state index in [1.165, 1.54) is 36.5 Å². The van der Waals surface area contributed by atoms with Crippen LogP contribution in [0.3, 0.4) is 0 Å². The van der Waals surface area contributed by atoms with Crippen molar-refractivity contribution in [1.29, 1.82) is 0 Å². The highest BCUT2D eigenvalue weighted by atomic mass is 16.4. The minimum Gasteiger partial charge on any atom is -0.508 e. The number of aliphatic imine (C=N–C) groups is 3. The molecule has 0 aromatic heterocycles. The molecule has 23 heteroatoms. The molecule has 3 rings (SSSR count). The Kier molecular flexibility index (Phi) is 20.7. The van der Waals surface area contributed by atoms with Crippen LogP contribution in [-0.4, -0.2) is 156 Å². The number of aromatic hydroxyl groups is 1. The maximum Gasteiger partial charge on any atom is 0.325 e. The van der Waals surface area contributed by atoms with Gasteiger partial charge in [0.25, 0.3) is 0 Å². The number of nitrogens with one attached hydrogen (secondary N) is 7. The quantitative estimate of drug-likeness (QED) is 0.0273. The first-order valence-corrected chi connectivity index (χ1v) is 21.6. The van der Waals surface area contributed by atoms with Crippen molar-refractivity contribution in [2.75, 3.05) is 26.7 Å². The molecule has 1 saturated heterocycles. The zero-order chi connectivity index (χ0) is 48.4. The molecule has 0 aliphatic carbocycles. The number of phenolic OH excluding ortho intramolecular Hbond substituents is 1. The minimum absolute atomic E-state index is 0.0399. The number of amides is 7. The Morgan fingerprint density at radius 2 is 1.42 bits per heavy atom. The predicted octanol–water partition coefficient (Wildman–Crippen LogP) is -2.60. The summed E-state index contributed by atoms with van der Waals surface area (Å²) in [5.74, 6) is -7.21. The average Bonchev–Trinajstić information content (AvgIpc) is 3.95. The number of nitrogens with zero attached hydrogens (tertiary/aromatic N) is 4. The van der Waals surface area contributed by atoms with Crippen molar-refractivity contribution in [3.8, 4) is 5.75 Å². The van der Waals surface area contributed by atoms with Crippen molar-refractivity contribution >= 4 is 65.8 Å². The third kappa shape index (κ3) is 16.8. The van der Waals surface area contributed by atoms with E-state index in [9.17, 15) is 48.6 Å². The molecule has 0 radical (unpaired) electrons. The summed E-state index contributed by atoms with van der Waals surface area (Å²) in [7, 11) is 1.57. The summed E-state index contributed by atoms with van der Waals surface area (Å²) in [4.78, 5) is 121. The van der Waals surface area contributed by atoms with Crippen LogP contribution in [0.15, 0.2) is 39.2 Å². The molecule has 1 fully saturated rings. The van der Waals surface area contributed by atoms with Crippen LogP contribution in [0.5, 0.6) is 5.75 Å². The lowest BCUT2D eigenvalue weighted by Gasteiger charge is -2.32. The maximum absolute atomic E-state index is 14.3. The summed E-state index contributed by atoms with van der Waals surface area (Å²) in [5, 5.41) is 37.9. The number of guanidine groups is 1. The largest absolute Gasteiger partial charge is 0.508 e. The van der Waals surface area contributed by atoms with Gasteiger partial charge in [-0.2, -0.15) is 0 Å². The summed E-state index contributed by atoms with van der Waals surface area (Å²) in [6, 6.07) is -3.03. The maximum atomic E-state index is 14.3. The Balaban J connectivity index is 1.88. The lowest BCUT2D eigenvalue weighted by Crippen LogP contribution is -2.61. The highest BCUT2D eigenvalue weighted by molar-refractivity contribution is 5.98. The number of likely N-dealkylation sites (N-methyl/N-ethyl adjacent to an activating group) is 1. The number of rotatable bonds is 25. The van der Waals surface area contributed by atoms with Crippen LogP contribution in [0.4, 0.5) is 0 Å². The molecule has 8 unspecified atom stereocenters.